The fourth-order valence-corrected chi connectivity index (χ4v) is 4.43. The van der Waals surface area contributed by atoms with Gasteiger partial charge < -0.3 is 15.2 Å². The van der Waals surface area contributed by atoms with Gasteiger partial charge in [-0.3, -0.25) is 4.79 Å². The Bertz CT molecular complexity index is 1460. The van der Waals surface area contributed by atoms with Crippen molar-refractivity contribution in [2.45, 2.75) is 19.4 Å². The van der Waals surface area contributed by atoms with E-state index in [-0.39, 0.29) is 18.9 Å². The van der Waals surface area contributed by atoms with Crippen molar-refractivity contribution in [1.29, 1.82) is 0 Å². The molecule has 0 aliphatic rings. The Hall–Kier alpha value is -3.83. The summed E-state index contributed by atoms with van der Waals surface area (Å²) in [4.78, 5) is 25.0. The number of carboxylic acids is 1. The molecular weight excluding hydrogens is 517 g/mol. The van der Waals surface area contributed by atoms with Crippen LogP contribution in [0.5, 0.6) is 11.6 Å². The molecule has 1 unspecified atom stereocenters. The number of aliphatic carboxylic acids is 1. The molecular formula is C31H30LiN3O4S. The zero-order valence-corrected chi connectivity index (χ0v) is 22.5. The van der Waals surface area contributed by atoms with E-state index in [1.54, 1.807) is 12.1 Å². The number of thioether (sulfide) groups is 1. The van der Waals surface area contributed by atoms with Crippen molar-refractivity contribution >= 4 is 54.7 Å². The van der Waals surface area contributed by atoms with E-state index >= 15 is 0 Å². The van der Waals surface area contributed by atoms with Gasteiger partial charge in [-0.25, -0.2) is 4.79 Å². The zero-order valence-electron chi connectivity index (χ0n) is 21.7. The summed E-state index contributed by atoms with van der Waals surface area (Å²) in [6.07, 6.45) is 5.98. The molecule has 4 aromatic rings. The van der Waals surface area contributed by atoms with E-state index in [1.807, 2.05) is 98.1 Å². The van der Waals surface area contributed by atoms with Crippen LogP contribution in [-0.2, 0) is 4.79 Å². The van der Waals surface area contributed by atoms with Crippen molar-refractivity contribution in [3.05, 3.63) is 107 Å². The van der Waals surface area contributed by atoms with Gasteiger partial charge in [-0.15, -0.1) is 10.2 Å². The van der Waals surface area contributed by atoms with Crippen molar-refractivity contribution in [1.82, 2.24) is 15.5 Å². The standard InChI is InChI=1S/C31H29N3O4S.Li.H/c1-21-8-6-7-11-25(21)27-20-22(13-16-26(27)30(35)32-28(31(36)37)18-19-39-2)12-14-23-15-17-29(34-33-23)38-24-9-4-3-5-10-24;;/h3-17,20,28H,18-19H2,1-2H3,(H,32,35)(H,36,37);;. The predicted octanol–water partition coefficient (Wildman–Crippen LogP) is 5.70. The zero-order chi connectivity index (χ0) is 27.6. The Morgan fingerprint density at radius 3 is 2.38 bits per heavy atom. The van der Waals surface area contributed by atoms with E-state index in [0.29, 0.717) is 35.1 Å². The number of rotatable bonds is 11. The molecule has 1 amide bonds. The van der Waals surface area contributed by atoms with Gasteiger partial charge in [0.25, 0.3) is 5.91 Å². The third-order valence-corrected chi connectivity index (χ3v) is 6.65. The average molecular weight is 548 g/mol. The summed E-state index contributed by atoms with van der Waals surface area (Å²) in [5, 5.41) is 20.6. The molecule has 1 atom stereocenters. The number of nitrogens with zero attached hydrogens (tertiary/aromatic N) is 2. The van der Waals surface area contributed by atoms with Gasteiger partial charge in [0.05, 0.1) is 5.69 Å². The third-order valence-electron chi connectivity index (χ3n) is 6.01. The molecule has 1 heterocycles. The number of aryl methyl sites for hydroxylation is 1. The molecule has 4 rings (SSSR count). The van der Waals surface area contributed by atoms with Crippen LogP contribution in [0.25, 0.3) is 23.3 Å². The van der Waals surface area contributed by atoms with Crippen molar-refractivity contribution < 1.29 is 19.4 Å². The number of hydrogen-bond donors (Lipinski definition) is 2. The molecule has 0 saturated heterocycles. The van der Waals surface area contributed by atoms with Gasteiger partial charge in [0, 0.05) is 11.6 Å². The van der Waals surface area contributed by atoms with Crippen molar-refractivity contribution in [3.63, 3.8) is 0 Å². The number of amides is 1. The SMILES string of the molecule is CSCCC(NC(=O)c1ccc(C=Cc2ccc(Oc3ccccc3)nn2)cc1-c1ccccc1C)C(=O)O.[LiH]. The van der Waals surface area contributed by atoms with Crippen molar-refractivity contribution in [3.8, 4) is 22.8 Å². The number of carbonyl (C=O) groups is 2. The second-order valence-electron chi connectivity index (χ2n) is 8.81. The van der Waals surface area contributed by atoms with Gasteiger partial charge in [0.2, 0.25) is 5.88 Å². The van der Waals surface area contributed by atoms with Gasteiger partial charge in [0.1, 0.15) is 11.8 Å². The monoisotopic (exact) mass is 547 g/mol. The van der Waals surface area contributed by atoms with Gasteiger partial charge in [-0.1, -0.05) is 54.6 Å². The number of ether oxygens (including phenoxy) is 1. The summed E-state index contributed by atoms with van der Waals surface area (Å²) in [5.41, 5.74) is 4.54. The van der Waals surface area contributed by atoms with Crippen LogP contribution in [0, 0.1) is 6.92 Å². The molecule has 0 radical (unpaired) electrons. The predicted molar refractivity (Wildman–Crippen MR) is 163 cm³/mol. The Labute approximate surface area is 250 Å². The first-order chi connectivity index (χ1) is 18.9. The first kappa shape index (κ1) is 30.7. The summed E-state index contributed by atoms with van der Waals surface area (Å²) in [6.45, 7) is 1.98. The topological polar surface area (TPSA) is 101 Å². The second-order valence-corrected chi connectivity index (χ2v) is 9.80. The molecule has 0 aliphatic heterocycles. The van der Waals surface area contributed by atoms with Crippen molar-refractivity contribution in [2.75, 3.05) is 12.0 Å². The van der Waals surface area contributed by atoms with E-state index in [9.17, 15) is 14.7 Å². The van der Waals surface area contributed by atoms with Crippen LogP contribution in [0.15, 0.2) is 84.9 Å². The van der Waals surface area contributed by atoms with Crippen LogP contribution < -0.4 is 10.1 Å². The normalized spacial score (nSPS) is 11.4. The van der Waals surface area contributed by atoms with E-state index in [2.05, 4.69) is 15.5 Å². The molecule has 7 nitrogen and oxygen atoms in total. The third kappa shape index (κ3) is 8.33. The summed E-state index contributed by atoms with van der Waals surface area (Å²) in [5.74, 6) is 0.246. The number of benzene rings is 3. The van der Waals surface area contributed by atoms with E-state index in [4.69, 9.17) is 4.74 Å². The average Bonchev–Trinajstić information content (AvgIpc) is 2.95. The van der Waals surface area contributed by atoms with Gasteiger partial charge >= 0.3 is 24.8 Å². The first-order valence-corrected chi connectivity index (χ1v) is 13.8. The van der Waals surface area contributed by atoms with E-state index in [0.717, 1.165) is 22.3 Å². The second kappa shape index (κ2) is 15.1. The quantitative estimate of drug-likeness (QED) is 0.232. The van der Waals surface area contributed by atoms with Crippen LogP contribution in [-0.4, -0.2) is 64.1 Å². The maximum atomic E-state index is 13.3. The van der Waals surface area contributed by atoms with Gasteiger partial charge in [-0.05, 0) is 84.0 Å². The molecule has 3 aromatic carbocycles. The number of carbonyl (C=O) groups excluding carboxylic acids is 1. The molecule has 40 heavy (non-hydrogen) atoms. The first-order valence-electron chi connectivity index (χ1n) is 12.4. The molecule has 1 aromatic heterocycles. The maximum absolute atomic E-state index is 13.3. The molecule has 2 N–H and O–H groups in total. The fourth-order valence-electron chi connectivity index (χ4n) is 3.96. The number of carboxylic acid groups (broad SMARTS) is 1. The Morgan fingerprint density at radius 1 is 0.950 bits per heavy atom. The van der Waals surface area contributed by atoms with Crippen LogP contribution in [0.3, 0.4) is 0 Å². The van der Waals surface area contributed by atoms with Crippen LogP contribution >= 0.6 is 11.8 Å². The van der Waals surface area contributed by atoms with E-state index < -0.39 is 17.9 Å². The van der Waals surface area contributed by atoms with Crippen LogP contribution in [0.1, 0.15) is 33.6 Å². The molecule has 0 fully saturated rings. The minimum absolute atomic E-state index is 0. The Kier molecular flexibility index (Phi) is 11.6. The number of hydrogen-bond acceptors (Lipinski definition) is 6. The molecule has 0 bridgehead atoms. The van der Waals surface area contributed by atoms with Gasteiger partial charge in [0.15, 0.2) is 0 Å². The van der Waals surface area contributed by atoms with Crippen LogP contribution in [0.2, 0.25) is 0 Å². The molecule has 0 saturated carbocycles. The van der Waals surface area contributed by atoms with E-state index in [1.165, 1.54) is 11.8 Å². The Balaban J connectivity index is 0.00000441. The summed E-state index contributed by atoms with van der Waals surface area (Å²) in [7, 11) is 0. The van der Waals surface area contributed by atoms with Crippen molar-refractivity contribution in [2.24, 2.45) is 0 Å². The number of aromatic nitrogens is 2. The number of para-hydroxylation sites is 1. The molecule has 200 valence electrons. The Morgan fingerprint density at radius 2 is 1.70 bits per heavy atom. The summed E-state index contributed by atoms with van der Waals surface area (Å²) < 4.78 is 5.70. The summed E-state index contributed by atoms with van der Waals surface area (Å²) in [6, 6.07) is 25.2. The van der Waals surface area contributed by atoms with Crippen LogP contribution in [0.4, 0.5) is 0 Å². The number of nitrogens with one attached hydrogen (secondary N) is 1. The molecule has 0 aliphatic carbocycles. The summed E-state index contributed by atoms with van der Waals surface area (Å²) >= 11 is 1.54. The molecule has 9 heteroatoms. The molecule has 0 spiro atoms. The fraction of sp³-hybridized carbons (Fsp3) is 0.161. The van der Waals surface area contributed by atoms with Gasteiger partial charge in [-0.2, -0.15) is 11.8 Å². The minimum atomic E-state index is -1.05.